The van der Waals surface area contributed by atoms with Gasteiger partial charge in [0.25, 0.3) is 5.91 Å². The third-order valence-corrected chi connectivity index (χ3v) is 4.81. The third kappa shape index (κ3) is 3.36. The van der Waals surface area contributed by atoms with Crippen LogP contribution in [-0.2, 0) is 11.3 Å². The van der Waals surface area contributed by atoms with E-state index >= 15 is 0 Å². The minimum Gasteiger partial charge on any atom is -0.480 e. The lowest BCUT2D eigenvalue weighted by Gasteiger charge is -2.26. The van der Waals surface area contributed by atoms with E-state index in [2.05, 4.69) is 0 Å². The molecule has 5 heteroatoms. The molecule has 1 aromatic carbocycles. The number of hydrogen-bond acceptors (Lipinski definition) is 3. The van der Waals surface area contributed by atoms with Crippen LogP contribution in [0.1, 0.15) is 33.3 Å². The van der Waals surface area contributed by atoms with Gasteiger partial charge < -0.3 is 10.0 Å². The molecule has 1 atom stereocenters. The molecule has 0 aliphatic rings. The van der Waals surface area contributed by atoms with Crippen molar-refractivity contribution in [2.24, 2.45) is 0 Å². The first-order valence-electron chi connectivity index (χ1n) is 7.04. The van der Waals surface area contributed by atoms with Crippen molar-refractivity contribution in [2.45, 2.75) is 33.4 Å². The van der Waals surface area contributed by atoms with E-state index in [0.29, 0.717) is 5.56 Å². The normalized spacial score (nSPS) is 12.0. The second-order valence-electron chi connectivity index (χ2n) is 5.26. The zero-order valence-electron chi connectivity index (χ0n) is 12.9. The SMILES string of the molecule is Cc1scc(C(=O)N(Cc2ccccc2)C(C)C(=O)O)c1C. The maximum absolute atomic E-state index is 12.8. The molecular formula is C17H19NO3S. The molecule has 0 aliphatic carbocycles. The summed E-state index contributed by atoms with van der Waals surface area (Å²) in [5, 5.41) is 11.1. The quantitative estimate of drug-likeness (QED) is 0.918. The number of carboxylic acids is 1. The van der Waals surface area contributed by atoms with Gasteiger partial charge in [0.1, 0.15) is 6.04 Å². The monoisotopic (exact) mass is 317 g/mol. The summed E-state index contributed by atoms with van der Waals surface area (Å²) in [6, 6.07) is 8.55. The predicted molar refractivity (Wildman–Crippen MR) is 87.2 cm³/mol. The molecule has 0 fully saturated rings. The molecule has 2 aromatic rings. The maximum Gasteiger partial charge on any atom is 0.326 e. The van der Waals surface area contributed by atoms with Crippen LogP contribution in [0.3, 0.4) is 0 Å². The second-order valence-corrected chi connectivity index (χ2v) is 6.35. The Morgan fingerprint density at radius 3 is 2.36 bits per heavy atom. The summed E-state index contributed by atoms with van der Waals surface area (Å²) in [7, 11) is 0. The molecule has 1 N–H and O–H groups in total. The summed E-state index contributed by atoms with van der Waals surface area (Å²) in [5.74, 6) is -1.24. The van der Waals surface area contributed by atoms with Gasteiger partial charge in [-0.3, -0.25) is 4.79 Å². The van der Waals surface area contributed by atoms with Gasteiger partial charge in [-0.15, -0.1) is 11.3 Å². The largest absolute Gasteiger partial charge is 0.480 e. The minimum absolute atomic E-state index is 0.236. The van der Waals surface area contributed by atoms with Crippen LogP contribution in [0, 0.1) is 13.8 Å². The molecule has 0 radical (unpaired) electrons. The first-order chi connectivity index (χ1) is 10.4. The van der Waals surface area contributed by atoms with E-state index in [-0.39, 0.29) is 12.5 Å². The number of carboxylic acid groups (broad SMARTS) is 1. The van der Waals surface area contributed by atoms with Crippen molar-refractivity contribution in [3.8, 4) is 0 Å². The van der Waals surface area contributed by atoms with Crippen LogP contribution in [0.25, 0.3) is 0 Å². The Morgan fingerprint density at radius 1 is 1.23 bits per heavy atom. The van der Waals surface area contributed by atoms with Crippen molar-refractivity contribution in [2.75, 3.05) is 0 Å². The van der Waals surface area contributed by atoms with Crippen molar-refractivity contribution in [1.82, 2.24) is 4.90 Å². The van der Waals surface area contributed by atoms with Crippen molar-refractivity contribution >= 4 is 23.2 Å². The molecular weight excluding hydrogens is 298 g/mol. The lowest BCUT2D eigenvalue weighted by atomic mass is 10.1. The Morgan fingerprint density at radius 2 is 1.86 bits per heavy atom. The van der Waals surface area contributed by atoms with E-state index in [0.717, 1.165) is 16.0 Å². The van der Waals surface area contributed by atoms with Crippen molar-refractivity contribution in [1.29, 1.82) is 0 Å². The van der Waals surface area contributed by atoms with Gasteiger partial charge in [0, 0.05) is 16.8 Å². The average Bonchev–Trinajstić information content (AvgIpc) is 2.84. The summed E-state index contributed by atoms with van der Waals surface area (Å²) in [5.41, 5.74) is 2.42. The average molecular weight is 317 g/mol. The molecule has 1 heterocycles. The number of benzene rings is 1. The Bertz CT molecular complexity index is 678. The summed E-state index contributed by atoms with van der Waals surface area (Å²) in [4.78, 5) is 26.6. The van der Waals surface area contributed by atoms with Crippen molar-refractivity contribution in [3.05, 3.63) is 57.3 Å². The van der Waals surface area contributed by atoms with Gasteiger partial charge in [-0.25, -0.2) is 4.79 Å². The number of carbonyl (C=O) groups excluding carboxylic acids is 1. The van der Waals surface area contributed by atoms with Crippen LogP contribution in [0.2, 0.25) is 0 Å². The molecule has 2 rings (SSSR count). The highest BCUT2D eigenvalue weighted by Gasteiger charge is 2.28. The Kier molecular flexibility index (Phi) is 4.98. The van der Waals surface area contributed by atoms with Crippen molar-refractivity contribution < 1.29 is 14.7 Å². The van der Waals surface area contributed by atoms with Crippen LogP contribution >= 0.6 is 11.3 Å². The molecule has 0 saturated carbocycles. The molecule has 1 amide bonds. The Balaban J connectivity index is 2.34. The lowest BCUT2D eigenvalue weighted by Crippen LogP contribution is -2.42. The fourth-order valence-electron chi connectivity index (χ4n) is 2.18. The predicted octanol–water partition coefficient (Wildman–Crippen LogP) is 3.48. The Labute approximate surface area is 134 Å². The third-order valence-electron chi connectivity index (χ3n) is 3.80. The highest BCUT2D eigenvalue weighted by Crippen LogP contribution is 2.23. The van der Waals surface area contributed by atoms with Gasteiger partial charge in [0.2, 0.25) is 0 Å². The van der Waals surface area contributed by atoms with E-state index in [1.807, 2.05) is 44.2 Å². The summed E-state index contributed by atoms with van der Waals surface area (Å²) >= 11 is 1.51. The van der Waals surface area contributed by atoms with Gasteiger partial charge in [0.05, 0.1) is 5.56 Å². The number of rotatable bonds is 5. The number of aliphatic carboxylic acids is 1. The van der Waals surface area contributed by atoms with E-state index in [4.69, 9.17) is 0 Å². The van der Waals surface area contributed by atoms with Gasteiger partial charge in [-0.05, 0) is 31.9 Å². The number of nitrogens with zero attached hydrogens (tertiary/aromatic N) is 1. The fourth-order valence-corrected chi connectivity index (χ4v) is 3.04. The smallest absolute Gasteiger partial charge is 0.326 e. The van der Waals surface area contributed by atoms with Crippen LogP contribution in [-0.4, -0.2) is 27.9 Å². The number of carbonyl (C=O) groups is 2. The number of thiophene rings is 1. The molecule has 0 bridgehead atoms. The Hall–Kier alpha value is -2.14. The molecule has 1 unspecified atom stereocenters. The summed E-state index contributed by atoms with van der Waals surface area (Å²) in [6.07, 6.45) is 0. The molecule has 116 valence electrons. The number of aryl methyl sites for hydroxylation is 1. The van der Waals surface area contributed by atoms with Gasteiger partial charge in [0.15, 0.2) is 0 Å². The van der Waals surface area contributed by atoms with Crippen LogP contribution < -0.4 is 0 Å². The number of hydrogen-bond donors (Lipinski definition) is 1. The first kappa shape index (κ1) is 16.2. The topological polar surface area (TPSA) is 57.6 Å². The molecule has 0 aliphatic heterocycles. The number of amides is 1. The lowest BCUT2D eigenvalue weighted by molar-refractivity contribution is -0.141. The van der Waals surface area contributed by atoms with Crippen LogP contribution in [0.15, 0.2) is 35.7 Å². The second kappa shape index (κ2) is 6.75. The zero-order valence-corrected chi connectivity index (χ0v) is 13.7. The highest BCUT2D eigenvalue weighted by molar-refractivity contribution is 7.10. The van der Waals surface area contributed by atoms with E-state index in [9.17, 15) is 14.7 Å². The van der Waals surface area contributed by atoms with E-state index < -0.39 is 12.0 Å². The van der Waals surface area contributed by atoms with Crippen molar-refractivity contribution in [3.63, 3.8) is 0 Å². The summed E-state index contributed by atoms with van der Waals surface area (Å²) in [6.45, 7) is 5.67. The summed E-state index contributed by atoms with van der Waals surface area (Å²) < 4.78 is 0. The molecule has 0 spiro atoms. The molecule has 22 heavy (non-hydrogen) atoms. The minimum atomic E-state index is -1.01. The zero-order chi connectivity index (χ0) is 16.3. The van der Waals surface area contributed by atoms with E-state index in [1.165, 1.54) is 23.2 Å². The first-order valence-corrected chi connectivity index (χ1v) is 7.92. The standard InChI is InChI=1S/C17H19NO3S/c1-11-13(3)22-10-15(11)16(19)18(12(2)17(20)21)9-14-7-5-4-6-8-14/h4-8,10,12H,9H2,1-3H3,(H,20,21). The van der Waals surface area contributed by atoms with E-state index in [1.54, 1.807) is 5.38 Å². The van der Waals surface area contributed by atoms with Gasteiger partial charge in [-0.1, -0.05) is 30.3 Å². The fraction of sp³-hybridized carbons (Fsp3) is 0.294. The molecule has 1 aromatic heterocycles. The van der Waals surface area contributed by atoms with Crippen LogP contribution in [0.5, 0.6) is 0 Å². The molecule has 4 nitrogen and oxygen atoms in total. The van der Waals surface area contributed by atoms with Gasteiger partial charge >= 0.3 is 5.97 Å². The van der Waals surface area contributed by atoms with Gasteiger partial charge in [-0.2, -0.15) is 0 Å². The van der Waals surface area contributed by atoms with Crippen LogP contribution in [0.4, 0.5) is 0 Å². The molecule has 0 saturated heterocycles. The highest BCUT2D eigenvalue weighted by atomic mass is 32.1. The maximum atomic E-state index is 12.8.